The van der Waals surface area contributed by atoms with Gasteiger partial charge in [-0.2, -0.15) is 0 Å². The molecule has 0 spiro atoms. The predicted molar refractivity (Wildman–Crippen MR) is 59.9 cm³/mol. The van der Waals surface area contributed by atoms with Crippen molar-refractivity contribution in [3.8, 4) is 0 Å². The van der Waals surface area contributed by atoms with Crippen LogP contribution in [0.25, 0.3) is 0 Å². The third kappa shape index (κ3) is 3.27. The van der Waals surface area contributed by atoms with E-state index in [2.05, 4.69) is 19.7 Å². The van der Waals surface area contributed by atoms with Gasteiger partial charge in [0.15, 0.2) is 0 Å². The Hall–Kier alpha value is -1.51. The highest BCUT2D eigenvalue weighted by Crippen LogP contribution is 2.27. The predicted octanol–water partition coefficient (Wildman–Crippen LogP) is 2.08. The van der Waals surface area contributed by atoms with Crippen molar-refractivity contribution in [3.05, 3.63) is 37.7 Å². The third-order valence-electron chi connectivity index (χ3n) is 2.54. The molecule has 0 aromatic carbocycles. The van der Waals surface area contributed by atoms with Crippen molar-refractivity contribution in [2.75, 3.05) is 13.2 Å². The van der Waals surface area contributed by atoms with E-state index in [1.54, 1.807) is 6.20 Å². The molecule has 0 aromatic heterocycles. The fraction of sp³-hybridized carbons (Fsp3) is 0.417. The molecule has 1 aliphatic rings. The van der Waals surface area contributed by atoms with Gasteiger partial charge in [0.2, 0.25) is 0 Å². The average Bonchev–Trinajstić information content (AvgIpc) is 2.58. The van der Waals surface area contributed by atoms with Gasteiger partial charge in [-0.25, -0.2) is 4.79 Å². The van der Waals surface area contributed by atoms with Crippen molar-refractivity contribution in [1.29, 1.82) is 0 Å². The van der Waals surface area contributed by atoms with E-state index in [0.717, 1.165) is 25.1 Å². The highest BCUT2D eigenvalue weighted by molar-refractivity contribution is 5.81. The van der Waals surface area contributed by atoms with E-state index < -0.39 is 0 Å². The van der Waals surface area contributed by atoms with Crippen LogP contribution in [0.2, 0.25) is 0 Å². The monoisotopic (exact) mass is 207 g/mol. The second-order valence-corrected chi connectivity index (χ2v) is 3.63. The molecule has 1 fully saturated rings. The first kappa shape index (κ1) is 11.6. The number of esters is 1. The van der Waals surface area contributed by atoms with Crippen LogP contribution in [0.1, 0.15) is 12.8 Å². The summed E-state index contributed by atoms with van der Waals surface area (Å²) >= 11 is 0. The Labute approximate surface area is 90.7 Å². The fourth-order valence-electron chi connectivity index (χ4n) is 1.70. The van der Waals surface area contributed by atoms with Crippen molar-refractivity contribution in [2.45, 2.75) is 12.8 Å². The lowest BCUT2D eigenvalue weighted by Crippen LogP contribution is -2.13. The Morgan fingerprint density at radius 1 is 1.60 bits per heavy atom. The topological polar surface area (TPSA) is 29.5 Å². The van der Waals surface area contributed by atoms with Crippen LogP contribution in [-0.2, 0) is 9.53 Å². The minimum absolute atomic E-state index is 0.354. The molecule has 1 rings (SSSR count). The maximum atomic E-state index is 10.8. The summed E-state index contributed by atoms with van der Waals surface area (Å²) in [5.41, 5.74) is 1.09. The van der Waals surface area contributed by atoms with Crippen LogP contribution in [0.4, 0.5) is 0 Å². The first-order valence-electron chi connectivity index (χ1n) is 5.03. The lowest BCUT2D eigenvalue weighted by Gasteiger charge is -2.12. The molecule has 0 amide bonds. The van der Waals surface area contributed by atoms with Crippen LogP contribution in [0.3, 0.4) is 0 Å². The van der Waals surface area contributed by atoms with E-state index in [9.17, 15) is 4.79 Å². The summed E-state index contributed by atoms with van der Waals surface area (Å²) in [5.74, 6) is 0.153. The minimum atomic E-state index is -0.354. The first-order chi connectivity index (χ1) is 7.17. The molecule has 0 aromatic rings. The quantitative estimate of drug-likeness (QED) is 0.510. The van der Waals surface area contributed by atoms with Gasteiger partial charge in [-0.1, -0.05) is 19.7 Å². The number of likely N-dealkylation sites (tertiary alicyclic amines) is 1. The Kier molecular flexibility index (Phi) is 4.16. The van der Waals surface area contributed by atoms with Crippen LogP contribution in [0.5, 0.6) is 0 Å². The summed E-state index contributed by atoms with van der Waals surface area (Å²) in [5, 5.41) is 0. The average molecular weight is 207 g/mol. The van der Waals surface area contributed by atoms with Gasteiger partial charge in [0.1, 0.15) is 0 Å². The second-order valence-electron chi connectivity index (χ2n) is 3.63. The van der Waals surface area contributed by atoms with Crippen molar-refractivity contribution in [1.82, 2.24) is 4.90 Å². The van der Waals surface area contributed by atoms with E-state index in [4.69, 9.17) is 4.74 Å². The summed E-state index contributed by atoms with van der Waals surface area (Å²) < 4.78 is 4.93. The highest BCUT2D eigenvalue weighted by atomic mass is 16.5. The van der Waals surface area contributed by atoms with Crippen molar-refractivity contribution >= 4 is 5.97 Å². The molecule has 1 atom stereocenters. The summed E-state index contributed by atoms with van der Waals surface area (Å²) in [6.07, 6.45) is 4.79. The number of carbonyl (C=O) groups excluding carboxylic acids is 1. The van der Waals surface area contributed by atoms with Gasteiger partial charge in [0.25, 0.3) is 0 Å². The van der Waals surface area contributed by atoms with Gasteiger partial charge < -0.3 is 9.64 Å². The number of hydrogen-bond acceptors (Lipinski definition) is 3. The normalized spacial score (nSPS) is 20.1. The summed E-state index contributed by atoms with van der Waals surface area (Å²) in [6.45, 7) is 12.4. The number of ether oxygens (including phenoxy) is 1. The summed E-state index contributed by atoms with van der Waals surface area (Å²) in [6, 6.07) is 0. The SMILES string of the molecule is C=CC(=O)OCCC1CC(=C)N(C=C)C1. The molecule has 1 heterocycles. The molecule has 1 unspecified atom stereocenters. The third-order valence-corrected chi connectivity index (χ3v) is 2.54. The van der Waals surface area contributed by atoms with Gasteiger partial charge >= 0.3 is 5.97 Å². The van der Waals surface area contributed by atoms with E-state index >= 15 is 0 Å². The molecule has 3 heteroatoms. The second kappa shape index (κ2) is 5.39. The molecule has 1 aliphatic heterocycles. The molecule has 0 aliphatic carbocycles. The lowest BCUT2D eigenvalue weighted by molar-refractivity contribution is -0.138. The van der Waals surface area contributed by atoms with Gasteiger partial charge in [-0.15, -0.1) is 0 Å². The van der Waals surface area contributed by atoms with Crippen molar-refractivity contribution < 1.29 is 9.53 Å². The first-order valence-corrected chi connectivity index (χ1v) is 5.03. The lowest BCUT2D eigenvalue weighted by atomic mass is 10.1. The molecule has 1 saturated heterocycles. The molecule has 15 heavy (non-hydrogen) atoms. The molecule has 0 radical (unpaired) electrons. The largest absolute Gasteiger partial charge is 0.463 e. The van der Waals surface area contributed by atoms with Gasteiger partial charge in [0.05, 0.1) is 6.61 Å². The Morgan fingerprint density at radius 3 is 2.87 bits per heavy atom. The zero-order chi connectivity index (χ0) is 11.3. The minimum Gasteiger partial charge on any atom is -0.463 e. The van der Waals surface area contributed by atoms with Crippen LogP contribution in [0.15, 0.2) is 37.7 Å². The van der Waals surface area contributed by atoms with Gasteiger partial charge in [-0.3, -0.25) is 0 Å². The van der Waals surface area contributed by atoms with E-state index in [-0.39, 0.29) is 5.97 Å². The highest BCUT2D eigenvalue weighted by Gasteiger charge is 2.23. The van der Waals surface area contributed by atoms with Crippen molar-refractivity contribution in [2.24, 2.45) is 5.92 Å². The van der Waals surface area contributed by atoms with Crippen LogP contribution < -0.4 is 0 Å². The van der Waals surface area contributed by atoms with E-state index in [1.165, 1.54) is 6.08 Å². The van der Waals surface area contributed by atoms with E-state index in [0.29, 0.717) is 12.5 Å². The number of rotatable bonds is 5. The number of carbonyl (C=O) groups is 1. The molecular formula is C12H17NO2. The number of hydrogen-bond donors (Lipinski definition) is 0. The maximum Gasteiger partial charge on any atom is 0.330 e. The van der Waals surface area contributed by atoms with Crippen LogP contribution >= 0.6 is 0 Å². The van der Waals surface area contributed by atoms with Gasteiger partial charge in [-0.05, 0) is 25.0 Å². The molecule has 0 saturated carbocycles. The van der Waals surface area contributed by atoms with Gasteiger partial charge in [0, 0.05) is 18.3 Å². The Bertz CT molecular complexity index is 283. The van der Waals surface area contributed by atoms with Crippen LogP contribution in [0, 0.1) is 5.92 Å². The Balaban J connectivity index is 2.24. The number of nitrogens with zero attached hydrogens (tertiary/aromatic N) is 1. The zero-order valence-electron chi connectivity index (χ0n) is 8.95. The van der Waals surface area contributed by atoms with E-state index in [1.807, 2.05) is 4.90 Å². The zero-order valence-corrected chi connectivity index (χ0v) is 8.95. The molecule has 3 nitrogen and oxygen atoms in total. The standard InChI is InChI=1S/C12H17NO2/c1-4-12(14)15-7-6-11-8-10(3)13(5-2)9-11/h4-5,11H,1-3,6-9H2. The van der Waals surface area contributed by atoms with Crippen molar-refractivity contribution in [3.63, 3.8) is 0 Å². The molecule has 0 bridgehead atoms. The summed E-state index contributed by atoms with van der Waals surface area (Å²) in [4.78, 5) is 12.8. The molecule has 82 valence electrons. The summed E-state index contributed by atoms with van der Waals surface area (Å²) in [7, 11) is 0. The Morgan fingerprint density at radius 2 is 2.33 bits per heavy atom. The fourth-order valence-corrected chi connectivity index (χ4v) is 1.70. The number of allylic oxidation sites excluding steroid dienone is 1. The molecule has 0 N–H and O–H groups in total. The maximum absolute atomic E-state index is 10.8. The smallest absolute Gasteiger partial charge is 0.330 e. The van der Waals surface area contributed by atoms with Crippen LogP contribution in [-0.4, -0.2) is 24.0 Å². The molecular weight excluding hydrogens is 190 g/mol.